The lowest BCUT2D eigenvalue weighted by Gasteiger charge is -2.38. The number of rotatable bonds is 6. The summed E-state index contributed by atoms with van der Waals surface area (Å²) < 4.78 is 4.60. The van der Waals surface area contributed by atoms with Gasteiger partial charge in [0.15, 0.2) is 0 Å². The van der Waals surface area contributed by atoms with Crippen LogP contribution >= 0.6 is 0 Å². The Hall–Kier alpha value is -1.10. The van der Waals surface area contributed by atoms with Gasteiger partial charge < -0.3 is 15.0 Å². The molecule has 0 saturated carbocycles. The molecular formula is C15H28N2O3. The van der Waals surface area contributed by atoms with Gasteiger partial charge in [0.2, 0.25) is 5.91 Å². The summed E-state index contributed by atoms with van der Waals surface area (Å²) in [5, 5.41) is 3.37. The van der Waals surface area contributed by atoms with Gasteiger partial charge in [-0.05, 0) is 38.3 Å². The van der Waals surface area contributed by atoms with Crippen LogP contribution in [-0.4, -0.2) is 50.6 Å². The number of carbonyl (C=O) groups is 2. The van der Waals surface area contributed by atoms with Crippen LogP contribution in [0, 0.1) is 11.3 Å². The van der Waals surface area contributed by atoms with Crippen LogP contribution in [-0.2, 0) is 14.3 Å². The normalized spacial score (nSPS) is 19.5. The number of hydrogen-bond acceptors (Lipinski definition) is 4. The molecule has 0 aromatic rings. The van der Waals surface area contributed by atoms with Crippen molar-refractivity contribution in [1.29, 1.82) is 0 Å². The first-order valence-corrected chi connectivity index (χ1v) is 7.42. The SMILES string of the molecule is COC(=O)CCCN(C)C(=O)C(C)(C)C1CCCNC1. The molecule has 0 aliphatic carbocycles. The van der Waals surface area contributed by atoms with E-state index in [0.717, 1.165) is 25.9 Å². The van der Waals surface area contributed by atoms with Crippen molar-refractivity contribution in [3.63, 3.8) is 0 Å². The smallest absolute Gasteiger partial charge is 0.305 e. The Labute approximate surface area is 122 Å². The third-order valence-electron chi connectivity index (χ3n) is 4.32. The second-order valence-electron chi connectivity index (χ2n) is 6.17. The highest BCUT2D eigenvalue weighted by Crippen LogP contribution is 2.33. The fourth-order valence-electron chi connectivity index (χ4n) is 2.80. The monoisotopic (exact) mass is 284 g/mol. The first-order chi connectivity index (χ1) is 9.39. The second-order valence-corrected chi connectivity index (χ2v) is 6.17. The van der Waals surface area contributed by atoms with Crippen molar-refractivity contribution in [2.75, 3.05) is 33.8 Å². The summed E-state index contributed by atoms with van der Waals surface area (Å²) >= 11 is 0. The minimum absolute atomic E-state index is 0.163. The molecule has 0 aromatic carbocycles. The Morgan fingerprint density at radius 2 is 2.10 bits per heavy atom. The maximum atomic E-state index is 12.6. The third kappa shape index (κ3) is 4.47. The van der Waals surface area contributed by atoms with Gasteiger partial charge in [-0.3, -0.25) is 9.59 Å². The Bertz CT molecular complexity index is 336. The van der Waals surface area contributed by atoms with Crippen LogP contribution in [0.15, 0.2) is 0 Å². The van der Waals surface area contributed by atoms with Gasteiger partial charge in [0.05, 0.1) is 7.11 Å². The van der Waals surface area contributed by atoms with Crippen molar-refractivity contribution in [2.45, 2.75) is 39.5 Å². The molecule has 0 spiro atoms. The molecule has 0 radical (unpaired) electrons. The number of ether oxygens (including phenoxy) is 1. The van der Waals surface area contributed by atoms with Crippen LogP contribution < -0.4 is 5.32 Å². The standard InChI is InChI=1S/C15H28N2O3/c1-15(2,12-7-5-9-16-11-12)14(19)17(3)10-6-8-13(18)20-4/h12,16H,5-11H2,1-4H3. The molecule has 1 aliphatic heterocycles. The van der Waals surface area contributed by atoms with Crippen LogP contribution in [0.5, 0.6) is 0 Å². The zero-order valence-electron chi connectivity index (χ0n) is 13.2. The summed E-state index contributed by atoms with van der Waals surface area (Å²) in [5.74, 6) is 0.324. The zero-order chi connectivity index (χ0) is 15.2. The van der Waals surface area contributed by atoms with Crippen molar-refractivity contribution in [2.24, 2.45) is 11.3 Å². The Morgan fingerprint density at radius 3 is 2.65 bits per heavy atom. The molecule has 116 valence electrons. The van der Waals surface area contributed by atoms with Gasteiger partial charge in [-0.15, -0.1) is 0 Å². The van der Waals surface area contributed by atoms with E-state index in [2.05, 4.69) is 10.1 Å². The van der Waals surface area contributed by atoms with Crippen molar-refractivity contribution in [3.8, 4) is 0 Å². The van der Waals surface area contributed by atoms with Crippen molar-refractivity contribution >= 4 is 11.9 Å². The van der Waals surface area contributed by atoms with E-state index in [1.54, 1.807) is 4.90 Å². The molecule has 1 saturated heterocycles. The van der Waals surface area contributed by atoms with Crippen LogP contribution in [0.1, 0.15) is 39.5 Å². The highest BCUT2D eigenvalue weighted by Gasteiger charge is 2.38. The largest absolute Gasteiger partial charge is 0.469 e. The molecular weight excluding hydrogens is 256 g/mol. The molecule has 1 unspecified atom stereocenters. The molecule has 5 heteroatoms. The summed E-state index contributed by atoms with van der Waals surface area (Å²) in [6.07, 6.45) is 3.24. The molecule has 1 fully saturated rings. The number of methoxy groups -OCH3 is 1. The Balaban J connectivity index is 2.47. The predicted octanol–water partition coefficient (Wildman–Crippen LogP) is 1.42. The zero-order valence-corrected chi connectivity index (χ0v) is 13.2. The summed E-state index contributed by atoms with van der Waals surface area (Å²) in [7, 11) is 3.20. The summed E-state index contributed by atoms with van der Waals surface area (Å²) in [5.41, 5.74) is -0.354. The number of piperidine rings is 1. The van der Waals surface area contributed by atoms with E-state index in [-0.39, 0.29) is 17.3 Å². The quantitative estimate of drug-likeness (QED) is 0.750. The maximum absolute atomic E-state index is 12.6. The van der Waals surface area contributed by atoms with Crippen molar-refractivity contribution < 1.29 is 14.3 Å². The van der Waals surface area contributed by atoms with E-state index in [4.69, 9.17) is 0 Å². The molecule has 0 bridgehead atoms. The first kappa shape index (κ1) is 17.0. The second kappa shape index (κ2) is 7.62. The molecule has 1 atom stereocenters. The summed E-state index contributed by atoms with van der Waals surface area (Å²) in [4.78, 5) is 25.4. The number of esters is 1. The number of amides is 1. The van der Waals surface area contributed by atoms with Crippen LogP contribution in [0.2, 0.25) is 0 Å². The van der Waals surface area contributed by atoms with Crippen LogP contribution in [0.4, 0.5) is 0 Å². The van der Waals surface area contributed by atoms with E-state index < -0.39 is 0 Å². The number of nitrogens with one attached hydrogen (secondary N) is 1. The summed E-state index contributed by atoms with van der Waals surface area (Å²) in [6.45, 7) is 6.62. The van der Waals surface area contributed by atoms with E-state index in [1.165, 1.54) is 7.11 Å². The number of carbonyl (C=O) groups excluding carboxylic acids is 2. The number of nitrogens with zero attached hydrogens (tertiary/aromatic N) is 1. The lowest BCUT2D eigenvalue weighted by Crippen LogP contribution is -2.48. The van der Waals surface area contributed by atoms with Gasteiger partial charge in [0.1, 0.15) is 0 Å². The molecule has 1 rings (SSSR count). The Morgan fingerprint density at radius 1 is 1.40 bits per heavy atom. The minimum Gasteiger partial charge on any atom is -0.469 e. The molecule has 1 N–H and O–H groups in total. The van der Waals surface area contributed by atoms with E-state index in [0.29, 0.717) is 25.3 Å². The minimum atomic E-state index is -0.354. The first-order valence-electron chi connectivity index (χ1n) is 7.42. The highest BCUT2D eigenvalue weighted by molar-refractivity contribution is 5.82. The topological polar surface area (TPSA) is 58.6 Å². The number of hydrogen-bond donors (Lipinski definition) is 1. The van der Waals surface area contributed by atoms with Crippen LogP contribution in [0.25, 0.3) is 0 Å². The Kier molecular flexibility index (Phi) is 6.46. The van der Waals surface area contributed by atoms with E-state index >= 15 is 0 Å². The third-order valence-corrected chi connectivity index (χ3v) is 4.32. The summed E-state index contributed by atoms with van der Waals surface area (Å²) in [6, 6.07) is 0. The highest BCUT2D eigenvalue weighted by atomic mass is 16.5. The average molecular weight is 284 g/mol. The fraction of sp³-hybridized carbons (Fsp3) is 0.867. The molecule has 1 heterocycles. The molecule has 20 heavy (non-hydrogen) atoms. The van der Waals surface area contributed by atoms with E-state index in [1.807, 2.05) is 20.9 Å². The van der Waals surface area contributed by atoms with Gasteiger partial charge >= 0.3 is 5.97 Å². The van der Waals surface area contributed by atoms with Crippen molar-refractivity contribution in [1.82, 2.24) is 10.2 Å². The van der Waals surface area contributed by atoms with Gasteiger partial charge in [0.25, 0.3) is 0 Å². The maximum Gasteiger partial charge on any atom is 0.305 e. The molecule has 5 nitrogen and oxygen atoms in total. The van der Waals surface area contributed by atoms with Gasteiger partial charge in [-0.2, -0.15) is 0 Å². The molecule has 1 amide bonds. The molecule has 0 aromatic heterocycles. The predicted molar refractivity (Wildman–Crippen MR) is 78.3 cm³/mol. The van der Waals surface area contributed by atoms with Gasteiger partial charge in [-0.25, -0.2) is 0 Å². The van der Waals surface area contributed by atoms with E-state index in [9.17, 15) is 9.59 Å². The van der Waals surface area contributed by atoms with Gasteiger partial charge in [0, 0.05) is 25.4 Å². The lowest BCUT2D eigenvalue weighted by molar-refractivity contribution is -0.144. The van der Waals surface area contributed by atoms with Crippen molar-refractivity contribution in [3.05, 3.63) is 0 Å². The molecule has 1 aliphatic rings. The fourth-order valence-corrected chi connectivity index (χ4v) is 2.80. The lowest BCUT2D eigenvalue weighted by atomic mass is 9.74. The average Bonchev–Trinajstić information content (AvgIpc) is 2.46. The van der Waals surface area contributed by atoms with Gasteiger partial charge in [-0.1, -0.05) is 13.8 Å². The van der Waals surface area contributed by atoms with Crippen LogP contribution in [0.3, 0.4) is 0 Å².